The number of nitrogens with zero attached hydrogens (tertiary/aromatic N) is 1. The highest BCUT2D eigenvalue weighted by molar-refractivity contribution is 7.88. The fourth-order valence-corrected chi connectivity index (χ4v) is 2.85. The minimum atomic E-state index is -3.19. The lowest BCUT2D eigenvalue weighted by molar-refractivity contribution is 0.0953. The minimum Gasteiger partial charge on any atom is -0.398 e. The monoisotopic (exact) mass is 333 g/mol. The molecule has 3 N–H and O–H groups in total. The minimum absolute atomic E-state index is 0.263. The van der Waals surface area contributed by atoms with Crippen molar-refractivity contribution in [3.8, 4) is 0 Å². The van der Waals surface area contributed by atoms with Gasteiger partial charge in [-0.05, 0) is 24.6 Å². The van der Waals surface area contributed by atoms with E-state index in [1.54, 1.807) is 19.1 Å². The van der Waals surface area contributed by atoms with Crippen LogP contribution < -0.4 is 11.1 Å². The van der Waals surface area contributed by atoms with Crippen molar-refractivity contribution in [3.63, 3.8) is 0 Å². The Kier molecular flexibility index (Phi) is 6.44. The maximum Gasteiger partial charge on any atom is 0.251 e. The van der Waals surface area contributed by atoms with Crippen LogP contribution in [0.25, 0.3) is 0 Å². The van der Waals surface area contributed by atoms with Gasteiger partial charge in [0.05, 0.1) is 17.0 Å². The molecule has 6 nitrogen and oxygen atoms in total. The maximum atomic E-state index is 11.9. The zero-order valence-corrected chi connectivity index (χ0v) is 13.7. The molecule has 0 heterocycles. The Hall–Kier alpha value is -1.31. The zero-order valence-electron chi connectivity index (χ0n) is 12.1. The van der Waals surface area contributed by atoms with Crippen LogP contribution in [0, 0.1) is 0 Å². The van der Waals surface area contributed by atoms with Gasteiger partial charge in [-0.15, -0.1) is 0 Å². The van der Waals surface area contributed by atoms with Crippen molar-refractivity contribution in [1.29, 1.82) is 0 Å². The first-order chi connectivity index (χ1) is 9.75. The first-order valence-electron chi connectivity index (χ1n) is 6.54. The Morgan fingerprint density at radius 3 is 2.62 bits per heavy atom. The van der Waals surface area contributed by atoms with E-state index in [1.807, 2.05) is 0 Å². The third-order valence-electron chi connectivity index (χ3n) is 2.95. The predicted molar refractivity (Wildman–Crippen MR) is 84.9 cm³/mol. The van der Waals surface area contributed by atoms with Gasteiger partial charge in [0, 0.05) is 25.2 Å². The second kappa shape index (κ2) is 7.63. The van der Waals surface area contributed by atoms with E-state index in [4.69, 9.17) is 17.3 Å². The van der Waals surface area contributed by atoms with Gasteiger partial charge in [0.25, 0.3) is 5.91 Å². The average molecular weight is 334 g/mol. The number of carbonyl (C=O) groups is 1. The number of sulfonamides is 1. The predicted octanol–water partition coefficient (Wildman–Crippen LogP) is 1.32. The maximum absolute atomic E-state index is 11.9. The number of anilines is 1. The number of halogens is 1. The zero-order chi connectivity index (χ0) is 16.0. The van der Waals surface area contributed by atoms with Crippen molar-refractivity contribution in [1.82, 2.24) is 9.62 Å². The van der Waals surface area contributed by atoms with Gasteiger partial charge in [-0.3, -0.25) is 4.79 Å². The van der Waals surface area contributed by atoms with E-state index >= 15 is 0 Å². The molecule has 0 aliphatic carbocycles. The summed E-state index contributed by atoms with van der Waals surface area (Å²) in [4.78, 5) is 11.9. The third-order valence-corrected chi connectivity index (χ3v) is 4.67. The van der Waals surface area contributed by atoms with Crippen molar-refractivity contribution in [2.75, 3.05) is 31.6 Å². The summed E-state index contributed by atoms with van der Waals surface area (Å²) in [5.41, 5.74) is 6.40. The molecule has 21 heavy (non-hydrogen) atoms. The van der Waals surface area contributed by atoms with Gasteiger partial charge in [-0.25, -0.2) is 12.7 Å². The molecule has 0 aliphatic heterocycles. The largest absolute Gasteiger partial charge is 0.398 e. The molecule has 0 aliphatic rings. The number of nitrogens with one attached hydrogen (secondary N) is 1. The Morgan fingerprint density at radius 1 is 1.43 bits per heavy atom. The second-order valence-electron chi connectivity index (χ2n) is 4.60. The summed E-state index contributed by atoms with van der Waals surface area (Å²) in [6.45, 7) is 2.95. The highest BCUT2D eigenvalue weighted by Crippen LogP contribution is 2.19. The Morgan fingerprint density at radius 2 is 2.10 bits per heavy atom. The number of hydrogen-bond donors (Lipinski definition) is 2. The quantitative estimate of drug-likeness (QED) is 0.581. The van der Waals surface area contributed by atoms with Gasteiger partial charge in [0.2, 0.25) is 10.0 Å². The second-order valence-corrected chi connectivity index (χ2v) is 6.99. The van der Waals surface area contributed by atoms with Crippen LogP contribution in [0.1, 0.15) is 23.7 Å². The number of amides is 1. The van der Waals surface area contributed by atoms with Gasteiger partial charge >= 0.3 is 0 Å². The van der Waals surface area contributed by atoms with Gasteiger partial charge in [0.1, 0.15) is 0 Å². The van der Waals surface area contributed by atoms with E-state index in [0.29, 0.717) is 42.3 Å². The Labute approximate surface area is 130 Å². The Bertz CT molecular complexity index is 605. The summed E-state index contributed by atoms with van der Waals surface area (Å²) in [6.07, 6.45) is 1.71. The van der Waals surface area contributed by atoms with Crippen LogP contribution in [0.3, 0.4) is 0 Å². The normalized spacial score (nSPS) is 11.6. The molecule has 1 rings (SSSR count). The topological polar surface area (TPSA) is 92.5 Å². The number of rotatable bonds is 7. The molecule has 8 heteroatoms. The van der Waals surface area contributed by atoms with E-state index < -0.39 is 10.0 Å². The van der Waals surface area contributed by atoms with E-state index in [-0.39, 0.29) is 5.91 Å². The van der Waals surface area contributed by atoms with Crippen LogP contribution in [0.4, 0.5) is 5.69 Å². The molecular formula is C13H20ClN3O3S. The van der Waals surface area contributed by atoms with E-state index in [9.17, 15) is 13.2 Å². The molecular weight excluding hydrogens is 314 g/mol. The van der Waals surface area contributed by atoms with E-state index in [0.717, 1.165) is 0 Å². The van der Waals surface area contributed by atoms with Crippen molar-refractivity contribution in [2.24, 2.45) is 0 Å². The molecule has 0 unspecified atom stereocenters. The molecule has 118 valence electrons. The van der Waals surface area contributed by atoms with Crippen molar-refractivity contribution < 1.29 is 13.2 Å². The lowest BCUT2D eigenvalue weighted by atomic mass is 10.2. The lowest BCUT2D eigenvalue weighted by Gasteiger charge is -2.17. The summed E-state index contributed by atoms with van der Waals surface area (Å²) in [5.74, 6) is -0.263. The van der Waals surface area contributed by atoms with Gasteiger partial charge in [-0.1, -0.05) is 18.5 Å². The first-order valence-corrected chi connectivity index (χ1v) is 8.76. The number of hydrogen-bond acceptors (Lipinski definition) is 4. The summed E-state index contributed by atoms with van der Waals surface area (Å²) in [5, 5.41) is 3.12. The fourth-order valence-electron chi connectivity index (χ4n) is 1.80. The molecule has 0 aromatic heterocycles. The average Bonchev–Trinajstić information content (AvgIpc) is 2.40. The number of nitrogens with two attached hydrogens (primary N) is 1. The highest BCUT2D eigenvalue weighted by Gasteiger charge is 2.13. The summed E-state index contributed by atoms with van der Waals surface area (Å²) < 4.78 is 24.1. The lowest BCUT2D eigenvalue weighted by Crippen LogP contribution is -2.33. The number of carbonyl (C=O) groups excluding carboxylic acids is 1. The van der Waals surface area contributed by atoms with Crippen LogP contribution in [-0.2, 0) is 10.0 Å². The SMILES string of the molecule is CCN(CCCNC(=O)c1ccc(Cl)c(N)c1)S(C)(=O)=O. The van der Waals surface area contributed by atoms with Crippen LogP contribution in [0.2, 0.25) is 5.02 Å². The smallest absolute Gasteiger partial charge is 0.251 e. The molecule has 0 saturated carbocycles. The molecule has 1 aromatic carbocycles. The van der Waals surface area contributed by atoms with Crippen molar-refractivity contribution in [3.05, 3.63) is 28.8 Å². The van der Waals surface area contributed by atoms with Crippen LogP contribution in [-0.4, -0.2) is 44.5 Å². The van der Waals surface area contributed by atoms with Crippen LogP contribution in [0.15, 0.2) is 18.2 Å². The molecule has 1 aromatic rings. The number of benzene rings is 1. The van der Waals surface area contributed by atoms with Gasteiger partial charge in [0.15, 0.2) is 0 Å². The third kappa shape index (κ3) is 5.53. The van der Waals surface area contributed by atoms with E-state index in [1.165, 1.54) is 16.6 Å². The molecule has 0 fully saturated rings. The van der Waals surface area contributed by atoms with Gasteiger partial charge < -0.3 is 11.1 Å². The molecule has 1 amide bonds. The standard InChI is InChI=1S/C13H20ClN3O3S/c1-3-17(21(2,19)20)8-4-7-16-13(18)10-5-6-11(14)12(15)9-10/h5-6,9H,3-4,7-8,15H2,1-2H3,(H,16,18). The van der Waals surface area contributed by atoms with Crippen LogP contribution >= 0.6 is 11.6 Å². The molecule has 0 saturated heterocycles. The summed E-state index contributed by atoms with van der Waals surface area (Å²) in [6, 6.07) is 4.66. The van der Waals surface area contributed by atoms with Crippen molar-refractivity contribution in [2.45, 2.75) is 13.3 Å². The van der Waals surface area contributed by atoms with E-state index in [2.05, 4.69) is 5.32 Å². The fraction of sp³-hybridized carbons (Fsp3) is 0.462. The highest BCUT2D eigenvalue weighted by atomic mass is 35.5. The first kappa shape index (κ1) is 17.7. The molecule has 0 bridgehead atoms. The van der Waals surface area contributed by atoms with Gasteiger partial charge in [-0.2, -0.15) is 0 Å². The number of nitrogen functional groups attached to an aromatic ring is 1. The summed E-state index contributed by atoms with van der Waals surface area (Å²) in [7, 11) is -3.19. The Balaban J connectivity index is 2.45. The van der Waals surface area contributed by atoms with Crippen LogP contribution in [0.5, 0.6) is 0 Å². The summed E-state index contributed by atoms with van der Waals surface area (Å²) >= 11 is 5.79. The van der Waals surface area contributed by atoms with Crippen molar-refractivity contribution >= 4 is 33.2 Å². The molecule has 0 atom stereocenters. The molecule has 0 radical (unpaired) electrons. The molecule has 0 spiro atoms.